The Balaban J connectivity index is 2.11. The summed E-state index contributed by atoms with van der Waals surface area (Å²) in [5.41, 5.74) is 8.11. The number of rotatable bonds is 1. The molecule has 0 nitrogen and oxygen atoms in total. The first-order valence-corrected chi connectivity index (χ1v) is 11.1. The van der Waals surface area contributed by atoms with Crippen LogP contribution < -0.4 is 0 Å². The van der Waals surface area contributed by atoms with Crippen LogP contribution in [-0.4, -0.2) is 7.38 Å². The van der Waals surface area contributed by atoms with E-state index < -0.39 is 7.38 Å². The summed E-state index contributed by atoms with van der Waals surface area (Å²) < 4.78 is 0. The number of halogens is 1. The molecule has 0 aliphatic heterocycles. The summed E-state index contributed by atoms with van der Waals surface area (Å²) >= 11 is 6.74. The average Bonchev–Trinajstić information content (AvgIpc) is 2.60. The molecule has 1 aromatic carbocycles. The number of benzene rings is 1. The van der Waals surface area contributed by atoms with E-state index in [4.69, 9.17) is 11.1 Å². The summed E-state index contributed by atoms with van der Waals surface area (Å²) in [6.45, 7) is 6.79. The van der Waals surface area contributed by atoms with Crippen molar-refractivity contribution >= 4 is 24.5 Å². The highest BCUT2D eigenvalue weighted by atomic mass is 35.6. The van der Waals surface area contributed by atoms with Gasteiger partial charge in [0.2, 0.25) is 0 Å². The molecular weight excluding hydrogens is 256 g/mol. The Bertz CT molecular complexity index is 523. The largest absolute Gasteiger partial charge is 0.167 e. The molecular formula is C16H21ClSi. The molecule has 2 aliphatic rings. The zero-order valence-corrected chi connectivity index (χ0v) is 13.3. The maximum absolute atomic E-state index is 6.74. The Morgan fingerprint density at radius 1 is 1.11 bits per heavy atom. The number of aryl methyl sites for hydroxylation is 2. The van der Waals surface area contributed by atoms with Crippen LogP contribution in [0.2, 0.25) is 13.1 Å². The van der Waals surface area contributed by atoms with Gasteiger partial charge in [0.25, 0.3) is 0 Å². The third-order valence-corrected chi connectivity index (χ3v) is 7.18. The van der Waals surface area contributed by atoms with E-state index >= 15 is 0 Å². The molecule has 1 unspecified atom stereocenters. The van der Waals surface area contributed by atoms with Gasteiger partial charge in [-0.3, -0.25) is 0 Å². The van der Waals surface area contributed by atoms with Crippen molar-refractivity contribution in [2.45, 2.75) is 51.2 Å². The first kappa shape index (κ1) is 12.5. The SMILES string of the molecule is CC1=Cc2cc3c(cc2C1[Si](C)(C)Cl)CCCC3. The molecule has 0 amide bonds. The van der Waals surface area contributed by atoms with Gasteiger partial charge in [0.15, 0.2) is 7.38 Å². The van der Waals surface area contributed by atoms with Gasteiger partial charge in [-0.15, -0.1) is 0 Å². The molecule has 3 rings (SSSR count). The minimum absolute atomic E-state index is 0.515. The van der Waals surface area contributed by atoms with Crippen molar-refractivity contribution < 1.29 is 0 Å². The van der Waals surface area contributed by atoms with Gasteiger partial charge >= 0.3 is 0 Å². The van der Waals surface area contributed by atoms with Crippen LogP contribution in [-0.2, 0) is 12.8 Å². The van der Waals surface area contributed by atoms with E-state index in [0.717, 1.165) is 0 Å². The van der Waals surface area contributed by atoms with Gasteiger partial charge in [-0.25, -0.2) is 0 Å². The number of allylic oxidation sites excluding steroid dienone is 1. The van der Waals surface area contributed by atoms with Crippen LogP contribution in [0.5, 0.6) is 0 Å². The van der Waals surface area contributed by atoms with Gasteiger partial charge in [-0.05, 0) is 54.9 Å². The van der Waals surface area contributed by atoms with Crippen molar-refractivity contribution in [3.8, 4) is 0 Å². The molecule has 0 heterocycles. The minimum Gasteiger partial charge on any atom is -0.167 e. The molecule has 0 fully saturated rings. The zero-order valence-electron chi connectivity index (χ0n) is 11.5. The summed E-state index contributed by atoms with van der Waals surface area (Å²) in [6.07, 6.45) is 7.60. The second kappa shape index (κ2) is 4.24. The lowest BCUT2D eigenvalue weighted by atomic mass is 9.88. The summed E-state index contributed by atoms with van der Waals surface area (Å²) in [5, 5.41) is 0. The topological polar surface area (TPSA) is 0 Å². The third kappa shape index (κ3) is 1.98. The van der Waals surface area contributed by atoms with Crippen LogP contribution in [0.3, 0.4) is 0 Å². The molecule has 1 atom stereocenters. The highest BCUT2D eigenvalue weighted by Crippen LogP contribution is 2.45. The maximum Gasteiger partial charge on any atom is 0.161 e. The predicted molar refractivity (Wildman–Crippen MR) is 82.8 cm³/mol. The van der Waals surface area contributed by atoms with Crippen molar-refractivity contribution in [3.63, 3.8) is 0 Å². The second-order valence-corrected chi connectivity index (χ2v) is 13.0. The smallest absolute Gasteiger partial charge is 0.161 e. The summed E-state index contributed by atoms with van der Waals surface area (Å²) in [4.78, 5) is 0. The van der Waals surface area contributed by atoms with Crippen molar-refractivity contribution in [1.82, 2.24) is 0 Å². The van der Waals surface area contributed by atoms with E-state index in [2.05, 4.69) is 38.2 Å². The maximum atomic E-state index is 6.74. The lowest BCUT2D eigenvalue weighted by Crippen LogP contribution is -2.28. The number of fused-ring (bicyclic) bond motifs is 2. The minimum atomic E-state index is -1.68. The van der Waals surface area contributed by atoms with Crippen molar-refractivity contribution in [2.24, 2.45) is 0 Å². The Morgan fingerprint density at radius 2 is 1.72 bits per heavy atom. The van der Waals surface area contributed by atoms with Gasteiger partial charge in [0.1, 0.15) is 0 Å². The van der Waals surface area contributed by atoms with Gasteiger partial charge in [-0.1, -0.05) is 36.9 Å². The number of hydrogen-bond donors (Lipinski definition) is 0. The van der Waals surface area contributed by atoms with Crippen molar-refractivity contribution in [1.29, 1.82) is 0 Å². The zero-order chi connectivity index (χ0) is 12.9. The molecule has 0 saturated carbocycles. The lowest BCUT2D eigenvalue weighted by molar-refractivity contribution is 0.684. The van der Waals surface area contributed by atoms with E-state index in [1.54, 1.807) is 11.1 Å². The van der Waals surface area contributed by atoms with E-state index in [0.29, 0.717) is 5.54 Å². The molecule has 1 aromatic rings. The fraction of sp³-hybridized carbons (Fsp3) is 0.500. The van der Waals surface area contributed by atoms with Crippen LogP contribution in [0, 0.1) is 0 Å². The van der Waals surface area contributed by atoms with E-state index in [-0.39, 0.29) is 0 Å². The summed E-state index contributed by atoms with van der Waals surface area (Å²) in [5.74, 6) is 0. The molecule has 0 aromatic heterocycles. The van der Waals surface area contributed by atoms with E-state index in [1.165, 1.54) is 42.4 Å². The quantitative estimate of drug-likeness (QED) is 0.497. The van der Waals surface area contributed by atoms with Gasteiger partial charge in [0, 0.05) is 5.54 Å². The third-order valence-electron chi connectivity index (χ3n) is 4.38. The first-order valence-electron chi connectivity index (χ1n) is 6.99. The predicted octanol–water partition coefficient (Wildman–Crippen LogP) is 5.05. The fourth-order valence-corrected chi connectivity index (χ4v) is 6.71. The molecule has 2 aliphatic carbocycles. The Labute approximate surface area is 116 Å². The Morgan fingerprint density at radius 3 is 2.33 bits per heavy atom. The summed E-state index contributed by atoms with van der Waals surface area (Å²) in [7, 11) is -1.68. The van der Waals surface area contributed by atoms with Gasteiger partial charge in [-0.2, -0.15) is 11.1 Å². The average molecular weight is 277 g/mol. The standard InChI is InChI=1S/C16H21ClSi/c1-11-8-14-9-12-6-4-5-7-13(12)10-15(14)16(11)18(2,3)17/h8-10,16H,4-7H2,1-3H3. The Kier molecular flexibility index (Phi) is 2.95. The van der Waals surface area contributed by atoms with Crippen molar-refractivity contribution in [2.75, 3.05) is 0 Å². The lowest BCUT2D eigenvalue weighted by Gasteiger charge is -2.26. The molecule has 18 heavy (non-hydrogen) atoms. The van der Waals surface area contributed by atoms with Gasteiger partial charge in [0.05, 0.1) is 0 Å². The molecule has 0 radical (unpaired) electrons. The molecule has 0 spiro atoms. The summed E-state index contributed by atoms with van der Waals surface area (Å²) in [6, 6.07) is 4.91. The van der Waals surface area contributed by atoms with Crippen LogP contribution in [0.15, 0.2) is 17.7 Å². The molecule has 2 heteroatoms. The monoisotopic (exact) mass is 276 g/mol. The first-order chi connectivity index (χ1) is 8.47. The number of hydrogen-bond acceptors (Lipinski definition) is 0. The molecule has 96 valence electrons. The van der Waals surface area contributed by atoms with Crippen LogP contribution in [0.1, 0.15) is 47.6 Å². The second-order valence-electron chi connectivity index (χ2n) is 6.34. The highest BCUT2D eigenvalue weighted by molar-refractivity contribution is 7.20. The van der Waals surface area contributed by atoms with E-state index in [9.17, 15) is 0 Å². The fourth-order valence-electron chi connectivity index (χ4n) is 3.68. The molecule has 0 bridgehead atoms. The Hall–Kier alpha value is -0.533. The van der Waals surface area contributed by atoms with E-state index in [1.807, 2.05) is 0 Å². The van der Waals surface area contributed by atoms with Gasteiger partial charge < -0.3 is 0 Å². The molecule has 0 N–H and O–H groups in total. The normalized spacial score (nSPS) is 22.4. The highest BCUT2D eigenvalue weighted by Gasteiger charge is 2.37. The van der Waals surface area contributed by atoms with Crippen LogP contribution in [0.25, 0.3) is 6.08 Å². The molecule has 0 saturated heterocycles. The van der Waals surface area contributed by atoms with Crippen LogP contribution >= 0.6 is 11.1 Å². The van der Waals surface area contributed by atoms with Crippen molar-refractivity contribution in [3.05, 3.63) is 40.0 Å². The van der Waals surface area contributed by atoms with Crippen LogP contribution in [0.4, 0.5) is 0 Å².